The van der Waals surface area contributed by atoms with Gasteiger partial charge in [0.1, 0.15) is 23.2 Å². The molecule has 3 rings (SSSR count). The molecule has 1 heterocycles. The zero-order valence-corrected chi connectivity index (χ0v) is 11.7. The second kappa shape index (κ2) is 5.37. The van der Waals surface area contributed by atoms with E-state index < -0.39 is 5.97 Å². The molecular weight excluding hydrogens is 284 g/mol. The topological polar surface area (TPSA) is 76.7 Å². The van der Waals surface area contributed by atoms with Crippen LogP contribution >= 0.6 is 0 Å². The number of furan rings is 1. The number of benzene rings is 2. The first-order valence-electron chi connectivity index (χ1n) is 6.54. The average Bonchev–Trinajstić information content (AvgIpc) is 2.98. The fourth-order valence-corrected chi connectivity index (χ4v) is 2.34. The second-order valence-corrected chi connectivity index (χ2v) is 4.67. The van der Waals surface area contributed by atoms with Gasteiger partial charge in [0.2, 0.25) is 0 Å². The van der Waals surface area contributed by atoms with E-state index >= 15 is 0 Å². The fraction of sp³-hybridized carbons (Fsp3) is 0.0588. The molecule has 1 N–H and O–H groups in total. The average molecular weight is 296 g/mol. The summed E-state index contributed by atoms with van der Waals surface area (Å²) in [6.07, 6.45) is 1.28. The number of hydrogen-bond acceptors (Lipinski definition) is 5. The Morgan fingerprint density at radius 1 is 1.09 bits per heavy atom. The minimum Gasteiger partial charge on any atom is -0.507 e. The van der Waals surface area contributed by atoms with Gasteiger partial charge in [0, 0.05) is 10.9 Å². The van der Waals surface area contributed by atoms with Gasteiger partial charge in [-0.3, -0.25) is 4.79 Å². The quantitative estimate of drug-likeness (QED) is 0.593. The fourth-order valence-electron chi connectivity index (χ4n) is 2.34. The number of methoxy groups -OCH3 is 1. The van der Waals surface area contributed by atoms with Gasteiger partial charge in [0.05, 0.1) is 12.7 Å². The lowest BCUT2D eigenvalue weighted by Crippen LogP contribution is -2.06. The van der Waals surface area contributed by atoms with E-state index in [-0.39, 0.29) is 28.0 Å². The van der Waals surface area contributed by atoms with E-state index in [9.17, 15) is 14.7 Å². The van der Waals surface area contributed by atoms with Crippen LogP contribution in [0.4, 0.5) is 0 Å². The molecule has 0 aliphatic heterocycles. The Balaban J connectivity index is 2.26. The highest BCUT2D eigenvalue weighted by molar-refractivity contribution is 6.20. The van der Waals surface area contributed by atoms with Gasteiger partial charge in [-0.15, -0.1) is 0 Å². The molecule has 2 aromatic carbocycles. The van der Waals surface area contributed by atoms with Gasteiger partial charge in [-0.1, -0.05) is 30.3 Å². The van der Waals surface area contributed by atoms with E-state index in [0.29, 0.717) is 11.1 Å². The largest absolute Gasteiger partial charge is 0.507 e. The van der Waals surface area contributed by atoms with Crippen LogP contribution in [-0.2, 0) is 4.74 Å². The van der Waals surface area contributed by atoms with Crippen LogP contribution in [0.5, 0.6) is 5.75 Å². The highest BCUT2D eigenvalue weighted by atomic mass is 16.5. The lowest BCUT2D eigenvalue weighted by Gasteiger charge is -2.05. The summed E-state index contributed by atoms with van der Waals surface area (Å²) in [5, 5.41) is 10.2. The van der Waals surface area contributed by atoms with E-state index in [2.05, 4.69) is 4.74 Å². The number of fused-ring (bicyclic) bond motifs is 1. The maximum Gasteiger partial charge on any atom is 0.342 e. The third kappa shape index (κ3) is 2.13. The molecule has 0 saturated heterocycles. The highest BCUT2D eigenvalue weighted by Gasteiger charge is 2.24. The lowest BCUT2D eigenvalue weighted by molar-refractivity contribution is 0.0600. The van der Waals surface area contributed by atoms with Crippen molar-refractivity contribution in [1.82, 2.24) is 0 Å². The van der Waals surface area contributed by atoms with Gasteiger partial charge >= 0.3 is 5.97 Å². The van der Waals surface area contributed by atoms with Gasteiger partial charge in [0.25, 0.3) is 0 Å². The summed E-state index contributed by atoms with van der Waals surface area (Å²) < 4.78 is 10.0. The first-order valence-corrected chi connectivity index (χ1v) is 6.54. The number of carbonyl (C=O) groups excluding carboxylic acids is 2. The van der Waals surface area contributed by atoms with E-state index in [0.717, 1.165) is 0 Å². The van der Waals surface area contributed by atoms with Gasteiger partial charge in [-0.05, 0) is 12.1 Å². The van der Waals surface area contributed by atoms with Crippen LogP contribution in [0.3, 0.4) is 0 Å². The number of phenols is 1. The van der Waals surface area contributed by atoms with Crippen molar-refractivity contribution in [2.45, 2.75) is 0 Å². The molecule has 0 amide bonds. The zero-order valence-electron chi connectivity index (χ0n) is 11.7. The maximum atomic E-state index is 12.6. The molecule has 0 saturated carbocycles. The van der Waals surface area contributed by atoms with Crippen molar-refractivity contribution in [2.24, 2.45) is 0 Å². The Bertz CT molecular complexity index is 861. The van der Waals surface area contributed by atoms with Crippen LogP contribution in [0.1, 0.15) is 26.3 Å². The lowest BCUT2D eigenvalue weighted by atomic mass is 9.99. The third-order valence-corrected chi connectivity index (χ3v) is 3.39. The molecule has 0 aliphatic carbocycles. The van der Waals surface area contributed by atoms with Crippen molar-refractivity contribution in [3.8, 4) is 5.75 Å². The molecule has 22 heavy (non-hydrogen) atoms. The van der Waals surface area contributed by atoms with Crippen molar-refractivity contribution in [3.05, 3.63) is 65.4 Å². The Morgan fingerprint density at radius 3 is 2.50 bits per heavy atom. The molecule has 5 nitrogen and oxygen atoms in total. The van der Waals surface area contributed by atoms with Gasteiger partial charge in [-0.2, -0.15) is 0 Å². The summed E-state index contributed by atoms with van der Waals surface area (Å²) in [7, 11) is 1.21. The number of esters is 1. The first-order chi connectivity index (χ1) is 10.6. The summed E-state index contributed by atoms with van der Waals surface area (Å²) in [6, 6.07) is 11.5. The first kappa shape index (κ1) is 13.9. The molecule has 0 fully saturated rings. The predicted molar refractivity (Wildman–Crippen MR) is 79.1 cm³/mol. The van der Waals surface area contributed by atoms with E-state index in [1.165, 1.54) is 25.5 Å². The molecule has 0 unspecified atom stereocenters. The van der Waals surface area contributed by atoms with Crippen LogP contribution in [0.25, 0.3) is 11.0 Å². The van der Waals surface area contributed by atoms with Crippen molar-refractivity contribution in [2.75, 3.05) is 7.11 Å². The number of ether oxygens (including phenoxy) is 1. The van der Waals surface area contributed by atoms with Crippen LogP contribution in [-0.4, -0.2) is 24.0 Å². The molecule has 0 atom stereocenters. The number of phenolic OH excluding ortho intramolecular Hbond substituents is 1. The third-order valence-electron chi connectivity index (χ3n) is 3.39. The Labute approximate surface area is 125 Å². The Hall–Kier alpha value is -3.08. The van der Waals surface area contributed by atoms with Crippen molar-refractivity contribution < 1.29 is 23.8 Å². The number of hydrogen-bond donors (Lipinski definition) is 1. The Kier molecular flexibility index (Phi) is 3.39. The smallest absolute Gasteiger partial charge is 0.342 e. The number of ketones is 1. The summed E-state index contributed by atoms with van der Waals surface area (Å²) in [6.45, 7) is 0. The van der Waals surface area contributed by atoms with Crippen molar-refractivity contribution >= 4 is 22.7 Å². The minimum absolute atomic E-state index is 0.0759. The molecule has 5 heteroatoms. The molecule has 0 aliphatic rings. The van der Waals surface area contributed by atoms with E-state index in [1.54, 1.807) is 30.3 Å². The molecule has 0 bridgehead atoms. The van der Waals surface area contributed by atoms with E-state index in [1.807, 2.05) is 0 Å². The highest BCUT2D eigenvalue weighted by Crippen LogP contribution is 2.33. The number of carbonyl (C=O) groups is 2. The molecule has 3 aromatic rings. The summed E-state index contributed by atoms with van der Waals surface area (Å²) in [5.41, 5.74) is 0.923. The summed E-state index contributed by atoms with van der Waals surface area (Å²) >= 11 is 0. The van der Waals surface area contributed by atoms with Gasteiger partial charge in [0.15, 0.2) is 5.78 Å². The van der Waals surface area contributed by atoms with Crippen LogP contribution in [0, 0.1) is 0 Å². The minimum atomic E-state index is -0.730. The number of aromatic hydroxyl groups is 1. The van der Waals surface area contributed by atoms with Crippen LogP contribution in [0.15, 0.2) is 53.1 Å². The van der Waals surface area contributed by atoms with Gasteiger partial charge in [-0.25, -0.2) is 4.79 Å². The standard InChI is InChI=1S/C17H12O5/c1-21-17(20)15-12(18)7-8-13-14(15)11(9-22-13)16(19)10-5-3-2-4-6-10/h2-9,18H,1H3. The number of rotatable bonds is 3. The molecular formula is C17H12O5. The molecule has 1 aromatic heterocycles. The van der Waals surface area contributed by atoms with Crippen molar-refractivity contribution in [3.63, 3.8) is 0 Å². The molecule has 0 radical (unpaired) electrons. The predicted octanol–water partition coefficient (Wildman–Crippen LogP) is 3.16. The summed E-state index contributed by atoms with van der Waals surface area (Å²) in [4.78, 5) is 24.5. The summed E-state index contributed by atoms with van der Waals surface area (Å²) in [5.74, 6) is -1.29. The van der Waals surface area contributed by atoms with Crippen molar-refractivity contribution in [1.29, 1.82) is 0 Å². The van der Waals surface area contributed by atoms with Crippen LogP contribution < -0.4 is 0 Å². The second-order valence-electron chi connectivity index (χ2n) is 4.67. The van der Waals surface area contributed by atoms with Gasteiger partial charge < -0.3 is 14.3 Å². The Morgan fingerprint density at radius 2 is 1.82 bits per heavy atom. The maximum absolute atomic E-state index is 12.6. The zero-order chi connectivity index (χ0) is 15.7. The monoisotopic (exact) mass is 296 g/mol. The SMILES string of the molecule is COC(=O)c1c(O)ccc2occ(C(=O)c3ccccc3)c12. The van der Waals surface area contributed by atoms with E-state index in [4.69, 9.17) is 4.42 Å². The molecule has 0 spiro atoms. The van der Waals surface area contributed by atoms with Crippen LogP contribution in [0.2, 0.25) is 0 Å². The molecule has 110 valence electrons. The normalized spacial score (nSPS) is 10.6.